The minimum Gasteiger partial charge on any atom is -0.492 e. The van der Waals surface area contributed by atoms with E-state index in [-0.39, 0.29) is 18.8 Å². The van der Waals surface area contributed by atoms with E-state index in [1.165, 1.54) is 0 Å². The van der Waals surface area contributed by atoms with Crippen molar-refractivity contribution < 1.29 is 17.7 Å². The van der Waals surface area contributed by atoms with E-state index in [1.54, 1.807) is 48.8 Å². The van der Waals surface area contributed by atoms with Crippen LogP contribution in [0.2, 0.25) is 0 Å². The van der Waals surface area contributed by atoms with Gasteiger partial charge in [-0.2, -0.15) is 4.98 Å². The second kappa shape index (κ2) is 9.40. The molecule has 9 heteroatoms. The van der Waals surface area contributed by atoms with Gasteiger partial charge in [0.2, 0.25) is 21.7 Å². The average molecular weight is 436 g/mol. The molecule has 2 aromatic carbocycles. The van der Waals surface area contributed by atoms with Crippen molar-refractivity contribution in [1.82, 2.24) is 15.1 Å². The molecule has 0 radical (unpaired) electrons. The van der Waals surface area contributed by atoms with Crippen LogP contribution in [-0.4, -0.2) is 35.9 Å². The number of benzene rings is 2. The first-order valence-corrected chi connectivity index (χ1v) is 11.2. The third-order valence-corrected chi connectivity index (χ3v) is 5.63. The maximum Gasteiger partial charge on any atom is 0.236 e. The lowest BCUT2D eigenvalue weighted by Crippen LogP contribution is -2.22. The van der Waals surface area contributed by atoms with Crippen LogP contribution < -0.4 is 9.46 Å². The van der Waals surface area contributed by atoms with Crippen molar-refractivity contribution >= 4 is 15.7 Å². The molecule has 4 aromatic rings. The van der Waals surface area contributed by atoms with Gasteiger partial charge in [0.25, 0.3) is 0 Å². The molecule has 158 valence electrons. The van der Waals surface area contributed by atoms with E-state index < -0.39 is 10.0 Å². The van der Waals surface area contributed by atoms with E-state index in [1.807, 2.05) is 30.3 Å². The molecule has 2 heterocycles. The Kier molecular flexibility index (Phi) is 6.23. The standard InChI is InChI=1S/C22H20N4O4S/c27-31(28,15-14-29-19-7-2-1-3-8-19)26-20-9-5-4-6-18(20)16-21-24-22(25-30-21)17-10-12-23-13-11-17/h1-13,26H,14-16H2. The lowest BCUT2D eigenvalue weighted by molar-refractivity contribution is 0.341. The monoisotopic (exact) mass is 436 g/mol. The normalized spacial score (nSPS) is 11.2. The zero-order valence-electron chi connectivity index (χ0n) is 16.5. The number of aromatic nitrogens is 3. The Morgan fingerprint density at radius 1 is 0.935 bits per heavy atom. The zero-order chi connectivity index (χ0) is 21.5. The van der Waals surface area contributed by atoms with Gasteiger partial charge in [-0.25, -0.2) is 8.42 Å². The molecular formula is C22H20N4O4S. The summed E-state index contributed by atoms with van der Waals surface area (Å²) in [5.74, 6) is 1.28. The highest BCUT2D eigenvalue weighted by molar-refractivity contribution is 7.92. The Morgan fingerprint density at radius 2 is 1.68 bits per heavy atom. The molecule has 2 aromatic heterocycles. The molecule has 0 aliphatic heterocycles. The largest absolute Gasteiger partial charge is 0.492 e. The van der Waals surface area contributed by atoms with Crippen molar-refractivity contribution in [3.05, 3.63) is 90.6 Å². The molecule has 31 heavy (non-hydrogen) atoms. The topological polar surface area (TPSA) is 107 Å². The summed E-state index contributed by atoms with van der Waals surface area (Å²) in [5, 5.41) is 3.99. The van der Waals surface area contributed by atoms with E-state index in [9.17, 15) is 8.42 Å². The Bertz CT molecular complexity index is 1230. The number of para-hydroxylation sites is 2. The molecule has 8 nitrogen and oxygen atoms in total. The predicted molar refractivity (Wildman–Crippen MR) is 116 cm³/mol. The van der Waals surface area contributed by atoms with Gasteiger partial charge < -0.3 is 9.26 Å². The number of nitrogens with zero attached hydrogens (tertiary/aromatic N) is 3. The van der Waals surface area contributed by atoms with Crippen LogP contribution in [-0.2, 0) is 16.4 Å². The fourth-order valence-electron chi connectivity index (χ4n) is 2.89. The number of ether oxygens (including phenoxy) is 1. The molecule has 0 aliphatic carbocycles. The van der Waals surface area contributed by atoms with Gasteiger partial charge >= 0.3 is 0 Å². The van der Waals surface area contributed by atoms with E-state index in [2.05, 4.69) is 19.8 Å². The minimum absolute atomic E-state index is 0.0421. The van der Waals surface area contributed by atoms with Crippen molar-refractivity contribution in [2.24, 2.45) is 0 Å². The van der Waals surface area contributed by atoms with Gasteiger partial charge in [-0.05, 0) is 35.9 Å². The Hall–Kier alpha value is -3.72. The third kappa shape index (κ3) is 5.67. The van der Waals surface area contributed by atoms with Crippen LogP contribution in [0.1, 0.15) is 11.5 Å². The lowest BCUT2D eigenvalue weighted by Gasteiger charge is -2.12. The van der Waals surface area contributed by atoms with Gasteiger partial charge in [-0.15, -0.1) is 0 Å². The summed E-state index contributed by atoms with van der Waals surface area (Å²) in [6.07, 6.45) is 3.59. The van der Waals surface area contributed by atoms with Gasteiger partial charge in [0.15, 0.2) is 0 Å². The Labute approximate surface area is 180 Å². The second-order valence-electron chi connectivity index (χ2n) is 6.66. The van der Waals surface area contributed by atoms with Crippen LogP contribution in [0.25, 0.3) is 11.4 Å². The van der Waals surface area contributed by atoms with Crippen molar-refractivity contribution in [1.29, 1.82) is 0 Å². The summed E-state index contributed by atoms with van der Waals surface area (Å²) in [5.41, 5.74) is 1.98. The summed E-state index contributed by atoms with van der Waals surface area (Å²) in [6.45, 7) is 0.0421. The first-order chi connectivity index (χ1) is 15.1. The van der Waals surface area contributed by atoms with Gasteiger partial charge in [0.05, 0.1) is 12.1 Å². The van der Waals surface area contributed by atoms with Gasteiger partial charge in [-0.1, -0.05) is 41.6 Å². The summed E-state index contributed by atoms with van der Waals surface area (Å²) < 4.78 is 38.5. The predicted octanol–water partition coefficient (Wildman–Crippen LogP) is 3.54. The molecule has 0 fully saturated rings. The van der Waals surface area contributed by atoms with Crippen molar-refractivity contribution in [3.63, 3.8) is 0 Å². The highest BCUT2D eigenvalue weighted by atomic mass is 32.2. The SMILES string of the molecule is O=S(=O)(CCOc1ccccc1)Nc1ccccc1Cc1nc(-c2ccncc2)no1. The maximum absolute atomic E-state index is 12.5. The van der Waals surface area contributed by atoms with Gasteiger partial charge in [0, 0.05) is 18.0 Å². The first-order valence-electron chi connectivity index (χ1n) is 9.58. The summed E-state index contributed by atoms with van der Waals surface area (Å²) in [4.78, 5) is 8.36. The maximum atomic E-state index is 12.5. The highest BCUT2D eigenvalue weighted by Gasteiger charge is 2.16. The fourth-order valence-corrected chi connectivity index (χ4v) is 3.83. The van der Waals surface area contributed by atoms with E-state index >= 15 is 0 Å². The molecule has 0 unspecified atom stereocenters. The minimum atomic E-state index is -3.61. The number of hydrogen-bond donors (Lipinski definition) is 1. The van der Waals surface area contributed by atoms with Crippen LogP contribution in [0, 0.1) is 0 Å². The molecule has 0 amide bonds. The summed E-state index contributed by atoms with van der Waals surface area (Å²) in [6, 6.07) is 19.8. The van der Waals surface area contributed by atoms with Crippen LogP contribution in [0.15, 0.2) is 83.6 Å². The number of rotatable bonds is 9. The number of sulfonamides is 1. The van der Waals surface area contributed by atoms with Crippen LogP contribution in [0.3, 0.4) is 0 Å². The molecule has 0 saturated heterocycles. The quantitative estimate of drug-likeness (QED) is 0.428. The van der Waals surface area contributed by atoms with Crippen LogP contribution >= 0.6 is 0 Å². The van der Waals surface area contributed by atoms with E-state index in [0.29, 0.717) is 23.2 Å². The van der Waals surface area contributed by atoms with E-state index in [4.69, 9.17) is 9.26 Å². The van der Waals surface area contributed by atoms with Crippen LogP contribution in [0.5, 0.6) is 5.75 Å². The van der Waals surface area contributed by atoms with Gasteiger partial charge in [0.1, 0.15) is 18.1 Å². The molecule has 1 N–H and O–H groups in total. The smallest absolute Gasteiger partial charge is 0.236 e. The van der Waals surface area contributed by atoms with Crippen molar-refractivity contribution in [2.45, 2.75) is 6.42 Å². The zero-order valence-corrected chi connectivity index (χ0v) is 17.3. The Balaban J connectivity index is 1.42. The summed E-state index contributed by atoms with van der Waals surface area (Å²) in [7, 11) is -3.61. The fraction of sp³-hybridized carbons (Fsp3) is 0.136. The highest BCUT2D eigenvalue weighted by Crippen LogP contribution is 2.22. The summed E-state index contributed by atoms with van der Waals surface area (Å²) >= 11 is 0. The average Bonchev–Trinajstić information content (AvgIpc) is 3.25. The number of anilines is 1. The third-order valence-electron chi connectivity index (χ3n) is 4.40. The molecule has 0 bridgehead atoms. The Morgan fingerprint density at radius 3 is 2.48 bits per heavy atom. The van der Waals surface area contributed by atoms with Gasteiger partial charge in [-0.3, -0.25) is 9.71 Å². The van der Waals surface area contributed by atoms with E-state index in [0.717, 1.165) is 11.1 Å². The molecular weight excluding hydrogens is 416 g/mol. The van der Waals surface area contributed by atoms with Crippen LogP contribution in [0.4, 0.5) is 5.69 Å². The number of pyridine rings is 1. The first kappa shape index (κ1) is 20.5. The molecule has 0 aliphatic rings. The number of nitrogens with one attached hydrogen (secondary N) is 1. The molecule has 4 rings (SSSR count). The lowest BCUT2D eigenvalue weighted by atomic mass is 10.1. The van der Waals surface area contributed by atoms with Crippen molar-refractivity contribution in [2.75, 3.05) is 17.1 Å². The second-order valence-corrected chi connectivity index (χ2v) is 8.51. The molecule has 0 spiro atoms. The van der Waals surface area contributed by atoms with Crippen molar-refractivity contribution in [3.8, 4) is 17.1 Å². The molecule has 0 atom stereocenters. The number of hydrogen-bond acceptors (Lipinski definition) is 7. The molecule has 0 saturated carbocycles.